The lowest BCUT2D eigenvalue weighted by molar-refractivity contribution is -0.117. The molecule has 0 heterocycles. The molecule has 1 fully saturated rings. The molecule has 0 aliphatic heterocycles. The van der Waals surface area contributed by atoms with E-state index in [1.807, 2.05) is 0 Å². The van der Waals surface area contributed by atoms with E-state index in [0.29, 0.717) is 28.7 Å². The van der Waals surface area contributed by atoms with Crippen LogP contribution in [0, 0.1) is 5.92 Å². The number of nitrogens with one attached hydrogen (secondary N) is 1. The number of halogens is 1. The van der Waals surface area contributed by atoms with Crippen LogP contribution in [0.25, 0.3) is 0 Å². The fourth-order valence-corrected chi connectivity index (χ4v) is 2.68. The van der Waals surface area contributed by atoms with Crippen molar-refractivity contribution in [3.8, 4) is 0 Å². The Labute approximate surface area is 113 Å². The highest BCUT2D eigenvalue weighted by Crippen LogP contribution is 2.27. The Morgan fingerprint density at radius 2 is 2.06 bits per heavy atom. The van der Waals surface area contributed by atoms with E-state index in [0.717, 1.165) is 0 Å². The van der Waals surface area contributed by atoms with Gasteiger partial charge in [-0.3, -0.25) is 4.79 Å². The van der Waals surface area contributed by atoms with Crippen LogP contribution in [0.15, 0.2) is 18.2 Å². The van der Waals surface area contributed by atoms with E-state index in [9.17, 15) is 4.79 Å². The molecule has 1 amide bonds. The molecule has 1 saturated carbocycles. The van der Waals surface area contributed by atoms with Crippen LogP contribution in [0.2, 0.25) is 5.02 Å². The molecule has 4 heteroatoms. The third kappa shape index (κ3) is 3.64. The Hall–Kier alpha value is -1.22. The first-order valence-electron chi connectivity index (χ1n) is 6.50. The summed E-state index contributed by atoms with van der Waals surface area (Å²) in [5, 5.41) is 3.44. The molecular weight excluding hydrogens is 248 g/mol. The molecule has 98 valence electrons. The van der Waals surface area contributed by atoms with E-state index in [1.165, 1.54) is 32.1 Å². The zero-order valence-corrected chi connectivity index (χ0v) is 11.2. The molecular formula is C14H19ClN2O. The van der Waals surface area contributed by atoms with Gasteiger partial charge in [0.05, 0.1) is 11.4 Å². The summed E-state index contributed by atoms with van der Waals surface area (Å²) < 4.78 is 0. The van der Waals surface area contributed by atoms with Gasteiger partial charge in [-0.2, -0.15) is 0 Å². The Morgan fingerprint density at radius 3 is 2.72 bits per heavy atom. The smallest absolute Gasteiger partial charge is 0.224 e. The highest BCUT2D eigenvalue weighted by atomic mass is 35.5. The van der Waals surface area contributed by atoms with Crippen LogP contribution in [0.1, 0.15) is 38.5 Å². The summed E-state index contributed by atoms with van der Waals surface area (Å²) in [5.41, 5.74) is 6.97. The first kappa shape index (κ1) is 13.2. The molecule has 0 aromatic heterocycles. The van der Waals surface area contributed by atoms with E-state index in [4.69, 9.17) is 17.3 Å². The summed E-state index contributed by atoms with van der Waals surface area (Å²) in [6.45, 7) is 0. The number of carbonyl (C=O) groups is 1. The first-order chi connectivity index (χ1) is 8.65. The predicted octanol–water partition coefficient (Wildman–Crippen LogP) is 3.83. The molecule has 18 heavy (non-hydrogen) atoms. The number of nitrogen functional groups attached to an aromatic ring is 1. The second-order valence-corrected chi connectivity index (χ2v) is 5.42. The van der Waals surface area contributed by atoms with E-state index in [-0.39, 0.29) is 5.91 Å². The van der Waals surface area contributed by atoms with E-state index in [1.54, 1.807) is 18.2 Å². The summed E-state index contributed by atoms with van der Waals surface area (Å²) in [7, 11) is 0. The number of hydrogen-bond donors (Lipinski definition) is 2. The second-order valence-electron chi connectivity index (χ2n) is 4.99. The van der Waals surface area contributed by atoms with Crippen LogP contribution in [0.3, 0.4) is 0 Å². The number of carbonyl (C=O) groups excluding carboxylic acids is 1. The maximum Gasteiger partial charge on any atom is 0.224 e. The van der Waals surface area contributed by atoms with Gasteiger partial charge in [0.15, 0.2) is 0 Å². The molecule has 1 aliphatic rings. The summed E-state index contributed by atoms with van der Waals surface area (Å²) in [6, 6.07) is 5.13. The van der Waals surface area contributed by atoms with Gasteiger partial charge < -0.3 is 11.1 Å². The maximum absolute atomic E-state index is 11.9. The largest absolute Gasteiger partial charge is 0.397 e. The van der Waals surface area contributed by atoms with Gasteiger partial charge in [-0.1, -0.05) is 30.9 Å². The minimum atomic E-state index is 0.0518. The molecule has 0 radical (unpaired) electrons. The van der Waals surface area contributed by atoms with E-state index < -0.39 is 0 Å². The van der Waals surface area contributed by atoms with Gasteiger partial charge in [-0.05, 0) is 37.0 Å². The quantitative estimate of drug-likeness (QED) is 0.817. The summed E-state index contributed by atoms with van der Waals surface area (Å²) in [4.78, 5) is 11.9. The minimum Gasteiger partial charge on any atom is -0.397 e. The summed E-state index contributed by atoms with van der Waals surface area (Å²) >= 11 is 5.82. The number of amides is 1. The standard InChI is InChI=1S/C14H19ClN2O/c15-11-6-7-13(12(16)9-11)17-14(18)8-10-4-2-1-3-5-10/h6-7,9-10H,1-5,8,16H2,(H,17,18). The van der Waals surface area contributed by atoms with E-state index in [2.05, 4.69) is 5.32 Å². The normalized spacial score (nSPS) is 16.5. The Bertz CT molecular complexity index is 428. The zero-order valence-electron chi connectivity index (χ0n) is 10.4. The molecule has 1 aliphatic carbocycles. The van der Waals surface area contributed by atoms with Crippen LogP contribution >= 0.6 is 11.6 Å². The maximum atomic E-state index is 11.9. The Balaban J connectivity index is 1.90. The number of rotatable bonds is 3. The molecule has 0 saturated heterocycles. The number of benzene rings is 1. The molecule has 0 spiro atoms. The van der Waals surface area contributed by atoms with Gasteiger partial charge in [0, 0.05) is 11.4 Å². The number of anilines is 2. The zero-order chi connectivity index (χ0) is 13.0. The summed E-state index contributed by atoms with van der Waals surface area (Å²) in [6.07, 6.45) is 6.75. The molecule has 2 rings (SSSR count). The van der Waals surface area contributed by atoms with Crippen LogP contribution in [0.4, 0.5) is 11.4 Å². The lowest BCUT2D eigenvalue weighted by atomic mass is 9.87. The average molecular weight is 267 g/mol. The third-order valence-corrected chi connectivity index (χ3v) is 3.72. The SMILES string of the molecule is Nc1cc(Cl)ccc1NC(=O)CC1CCCCC1. The van der Waals surface area contributed by atoms with Gasteiger partial charge in [-0.15, -0.1) is 0 Å². The fraction of sp³-hybridized carbons (Fsp3) is 0.500. The lowest BCUT2D eigenvalue weighted by Gasteiger charge is -2.21. The van der Waals surface area contributed by atoms with Crippen LogP contribution in [0.5, 0.6) is 0 Å². The Morgan fingerprint density at radius 1 is 1.33 bits per heavy atom. The molecule has 0 bridgehead atoms. The fourth-order valence-electron chi connectivity index (χ4n) is 2.50. The van der Waals surface area contributed by atoms with Crippen molar-refractivity contribution in [2.24, 2.45) is 5.92 Å². The minimum absolute atomic E-state index is 0.0518. The van der Waals surface area contributed by atoms with Crippen molar-refractivity contribution in [3.63, 3.8) is 0 Å². The van der Waals surface area contributed by atoms with Gasteiger partial charge in [0.2, 0.25) is 5.91 Å². The van der Waals surface area contributed by atoms with Crippen LogP contribution in [-0.2, 0) is 4.79 Å². The molecule has 1 aromatic carbocycles. The second kappa shape index (κ2) is 6.10. The highest BCUT2D eigenvalue weighted by Gasteiger charge is 2.17. The third-order valence-electron chi connectivity index (χ3n) is 3.49. The van der Waals surface area contributed by atoms with Crippen molar-refractivity contribution in [3.05, 3.63) is 23.2 Å². The predicted molar refractivity (Wildman–Crippen MR) is 75.7 cm³/mol. The van der Waals surface area contributed by atoms with Gasteiger partial charge >= 0.3 is 0 Å². The van der Waals surface area contributed by atoms with Gasteiger partial charge in [0.1, 0.15) is 0 Å². The van der Waals surface area contributed by atoms with Crippen molar-refractivity contribution in [1.29, 1.82) is 0 Å². The highest BCUT2D eigenvalue weighted by molar-refractivity contribution is 6.31. The number of hydrogen-bond acceptors (Lipinski definition) is 2. The molecule has 3 nitrogen and oxygen atoms in total. The first-order valence-corrected chi connectivity index (χ1v) is 6.88. The van der Waals surface area contributed by atoms with Gasteiger partial charge in [0.25, 0.3) is 0 Å². The van der Waals surface area contributed by atoms with Crippen molar-refractivity contribution < 1.29 is 4.79 Å². The molecule has 3 N–H and O–H groups in total. The lowest BCUT2D eigenvalue weighted by Crippen LogP contribution is -2.18. The van der Waals surface area contributed by atoms with Gasteiger partial charge in [-0.25, -0.2) is 0 Å². The molecule has 0 atom stereocenters. The van der Waals surface area contributed by atoms with Crippen molar-refractivity contribution in [2.45, 2.75) is 38.5 Å². The van der Waals surface area contributed by atoms with Crippen molar-refractivity contribution in [1.82, 2.24) is 0 Å². The van der Waals surface area contributed by atoms with Crippen molar-refractivity contribution in [2.75, 3.05) is 11.1 Å². The molecule has 0 unspecified atom stereocenters. The van der Waals surface area contributed by atoms with Crippen LogP contribution in [-0.4, -0.2) is 5.91 Å². The van der Waals surface area contributed by atoms with E-state index >= 15 is 0 Å². The topological polar surface area (TPSA) is 55.1 Å². The average Bonchev–Trinajstić information content (AvgIpc) is 2.34. The summed E-state index contributed by atoms with van der Waals surface area (Å²) in [5.74, 6) is 0.586. The monoisotopic (exact) mass is 266 g/mol. The van der Waals surface area contributed by atoms with Crippen LogP contribution < -0.4 is 11.1 Å². The van der Waals surface area contributed by atoms with Crippen molar-refractivity contribution >= 4 is 28.9 Å². The Kier molecular flexibility index (Phi) is 4.48. The molecule has 1 aromatic rings. The number of nitrogens with two attached hydrogens (primary N) is 1.